The van der Waals surface area contributed by atoms with Crippen LogP contribution in [0.25, 0.3) is 0 Å². The van der Waals surface area contributed by atoms with Gasteiger partial charge in [0, 0.05) is 12.6 Å². The minimum absolute atomic E-state index is 0.613. The third-order valence-electron chi connectivity index (χ3n) is 3.40. The molecule has 0 radical (unpaired) electrons. The van der Waals surface area contributed by atoms with Crippen molar-refractivity contribution in [1.82, 2.24) is 5.32 Å². The van der Waals surface area contributed by atoms with Gasteiger partial charge in [-0.2, -0.15) is 0 Å². The van der Waals surface area contributed by atoms with Crippen LogP contribution >= 0.6 is 11.6 Å². The van der Waals surface area contributed by atoms with Crippen LogP contribution in [0.15, 0.2) is 12.1 Å². The maximum atomic E-state index is 6.33. The number of hydrogen-bond acceptors (Lipinski definition) is 3. The molecule has 1 aliphatic rings. The number of halogens is 1. The van der Waals surface area contributed by atoms with Gasteiger partial charge in [-0.05, 0) is 42.9 Å². The molecule has 1 aromatic rings. The van der Waals surface area contributed by atoms with E-state index in [0.717, 1.165) is 18.5 Å². The van der Waals surface area contributed by atoms with Crippen molar-refractivity contribution in [1.29, 1.82) is 0 Å². The minimum Gasteiger partial charge on any atom is -0.493 e. The van der Waals surface area contributed by atoms with E-state index in [2.05, 4.69) is 19.2 Å². The van der Waals surface area contributed by atoms with Crippen LogP contribution in [-0.2, 0) is 6.54 Å². The summed E-state index contributed by atoms with van der Waals surface area (Å²) in [6.45, 7) is 5.84. The van der Waals surface area contributed by atoms with Gasteiger partial charge in [-0.1, -0.05) is 25.4 Å². The van der Waals surface area contributed by atoms with Crippen molar-refractivity contribution in [2.75, 3.05) is 13.7 Å². The Balaban J connectivity index is 2.01. The van der Waals surface area contributed by atoms with E-state index in [1.165, 1.54) is 12.8 Å². The van der Waals surface area contributed by atoms with Crippen molar-refractivity contribution in [3.8, 4) is 11.5 Å². The predicted molar refractivity (Wildman–Crippen MR) is 82.8 cm³/mol. The second-order valence-corrected chi connectivity index (χ2v) is 6.20. The summed E-state index contributed by atoms with van der Waals surface area (Å²) in [5.41, 5.74) is 1.13. The van der Waals surface area contributed by atoms with Gasteiger partial charge in [0.1, 0.15) is 0 Å². The van der Waals surface area contributed by atoms with Crippen LogP contribution in [0.4, 0.5) is 0 Å². The molecule has 0 aliphatic heterocycles. The van der Waals surface area contributed by atoms with Crippen LogP contribution in [0.2, 0.25) is 5.02 Å². The van der Waals surface area contributed by atoms with E-state index in [9.17, 15) is 0 Å². The summed E-state index contributed by atoms with van der Waals surface area (Å²) in [5.74, 6) is 1.99. The Morgan fingerprint density at radius 1 is 1.35 bits per heavy atom. The number of nitrogens with one attached hydrogen (secondary N) is 1. The lowest BCUT2D eigenvalue weighted by molar-refractivity contribution is 0.273. The molecule has 0 unspecified atom stereocenters. The van der Waals surface area contributed by atoms with Gasteiger partial charge in [-0.25, -0.2) is 0 Å². The molecule has 0 amide bonds. The second-order valence-electron chi connectivity index (χ2n) is 5.80. The first-order valence-corrected chi connectivity index (χ1v) is 7.70. The Hall–Kier alpha value is -0.930. The van der Waals surface area contributed by atoms with Gasteiger partial charge < -0.3 is 14.8 Å². The molecular formula is C16H24ClNO2. The quantitative estimate of drug-likeness (QED) is 0.786. The highest BCUT2D eigenvalue weighted by molar-refractivity contribution is 6.32. The third kappa shape index (κ3) is 4.57. The van der Waals surface area contributed by atoms with Crippen molar-refractivity contribution in [2.24, 2.45) is 5.92 Å². The monoisotopic (exact) mass is 297 g/mol. The number of hydrogen-bond donors (Lipinski definition) is 1. The first kappa shape index (κ1) is 15.5. The smallest absolute Gasteiger partial charge is 0.179 e. The summed E-state index contributed by atoms with van der Waals surface area (Å²) in [7, 11) is 1.65. The van der Waals surface area contributed by atoms with E-state index >= 15 is 0 Å². The molecule has 0 saturated heterocycles. The molecule has 0 aromatic heterocycles. The average Bonchev–Trinajstić information content (AvgIpc) is 3.22. The summed E-state index contributed by atoms with van der Waals surface area (Å²) in [6.07, 6.45) is 3.56. The van der Waals surface area contributed by atoms with Crippen molar-refractivity contribution in [3.05, 3.63) is 22.7 Å². The fraction of sp³-hybridized carbons (Fsp3) is 0.625. The molecule has 20 heavy (non-hydrogen) atoms. The molecule has 0 spiro atoms. The van der Waals surface area contributed by atoms with Crippen LogP contribution in [-0.4, -0.2) is 19.8 Å². The summed E-state index contributed by atoms with van der Waals surface area (Å²) in [4.78, 5) is 0. The predicted octanol–water partition coefficient (Wildman–Crippen LogP) is 4.03. The lowest BCUT2D eigenvalue weighted by atomic mass is 10.1. The van der Waals surface area contributed by atoms with Gasteiger partial charge in [0.2, 0.25) is 0 Å². The Bertz CT molecular complexity index is 444. The van der Waals surface area contributed by atoms with E-state index < -0.39 is 0 Å². The number of ether oxygens (including phenoxy) is 2. The van der Waals surface area contributed by atoms with Crippen molar-refractivity contribution >= 4 is 11.6 Å². The minimum atomic E-state index is 0.613. The van der Waals surface area contributed by atoms with Crippen LogP contribution in [0, 0.1) is 5.92 Å². The molecule has 3 nitrogen and oxygen atoms in total. The Morgan fingerprint density at radius 2 is 2.10 bits per heavy atom. The van der Waals surface area contributed by atoms with E-state index in [0.29, 0.717) is 35.1 Å². The van der Waals surface area contributed by atoms with E-state index in [-0.39, 0.29) is 0 Å². The van der Waals surface area contributed by atoms with Crippen LogP contribution in [0.3, 0.4) is 0 Å². The fourth-order valence-corrected chi connectivity index (χ4v) is 2.25. The molecule has 2 rings (SSSR count). The molecule has 0 heterocycles. The van der Waals surface area contributed by atoms with E-state index in [4.69, 9.17) is 21.1 Å². The van der Waals surface area contributed by atoms with Gasteiger partial charge in [-0.15, -0.1) is 0 Å². The topological polar surface area (TPSA) is 30.5 Å². The van der Waals surface area contributed by atoms with Crippen LogP contribution < -0.4 is 14.8 Å². The second kappa shape index (κ2) is 7.19. The summed E-state index contributed by atoms with van der Waals surface area (Å²) in [5, 5.41) is 4.10. The highest BCUT2D eigenvalue weighted by Crippen LogP contribution is 2.36. The van der Waals surface area contributed by atoms with Crippen molar-refractivity contribution in [2.45, 2.75) is 45.7 Å². The summed E-state index contributed by atoms with van der Waals surface area (Å²) in [6, 6.07) is 4.65. The highest BCUT2D eigenvalue weighted by atomic mass is 35.5. The molecule has 1 aliphatic carbocycles. The van der Waals surface area contributed by atoms with Gasteiger partial charge in [-0.3, -0.25) is 0 Å². The third-order valence-corrected chi connectivity index (χ3v) is 3.68. The molecule has 4 heteroatoms. The zero-order valence-electron chi connectivity index (χ0n) is 12.5. The SMILES string of the molecule is COc1cc(CNC2CC2)cc(Cl)c1OCCC(C)C. The van der Waals surface area contributed by atoms with Crippen LogP contribution in [0.1, 0.15) is 38.7 Å². The standard InChI is InChI=1S/C16H24ClNO2/c1-11(2)6-7-20-16-14(17)8-12(9-15(16)19-3)10-18-13-4-5-13/h8-9,11,13,18H,4-7,10H2,1-3H3. The number of rotatable bonds is 8. The van der Waals surface area contributed by atoms with Gasteiger partial charge in [0.15, 0.2) is 11.5 Å². The Kier molecular flexibility index (Phi) is 5.55. The van der Waals surface area contributed by atoms with E-state index in [1.54, 1.807) is 7.11 Å². The number of benzene rings is 1. The first-order valence-electron chi connectivity index (χ1n) is 7.32. The largest absolute Gasteiger partial charge is 0.493 e. The van der Waals surface area contributed by atoms with Gasteiger partial charge in [0.25, 0.3) is 0 Å². The van der Waals surface area contributed by atoms with E-state index in [1.807, 2.05) is 12.1 Å². The zero-order chi connectivity index (χ0) is 14.5. The number of methoxy groups -OCH3 is 1. The average molecular weight is 298 g/mol. The molecule has 1 aromatic carbocycles. The molecule has 1 saturated carbocycles. The Labute approximate surface area is 126 Å². The van der Waals surface area contributed by atoms with Gasteiger partial charge in [0.05, 0.1) is 18.7 Å². The van der Waals surface area contributed by atoms with Crippen LogP contribution in [0.5, 0.6) is 11.5 Å². The summed E-state index contributed by atoms with van der Waals surface area (Å²) < 4.78 is 11.2. The lowest BCUT2D eigenvalue weighted by Crippen LogP contribution is -2.15. The molecule has 1 fully saturated rings. The van der Waals surface area contributed by atoms with Gasteiger partial charge >= 0.3 is 0 Å². The molecule has 0 bridgehead atoms. The maximum absolute atomic E-state index is 6.33. The summed E-state index contributed by atoms with van der Waals surface area (Å²) >= 11 is 6.33. The Morgan fingerprint density at radius 3 is 2.70 bits per heavy atom. The van der Waals surface area contributed by atoms with Crippen molar-refractivity contribution in [3.63, 3.8) is 0 Å². The highest BCUT2D eigenvalue weighted by Gasteiger charge is 2.20. The fourth-order valence-electron chi connectivity index (χ4n) is 1.96. The molecular weight excluding hydrogens is 274 g/mol. The van der Waals surface area contributed by atoms with Crippen molar-refractivity contribution < 1.29 is 9.47 Å². The molecule has 0 atom stereocenters. The lowest BCUT2D eigenvalue weighted by Gasteiger charge is -2.15. The maximum Gasteiger partial charge on any atom is 0.179 e. The molecule has 112 valence electrons. The molecule has 1 N–H and O–H groups in total. The normalized spacial score (nSPS) is 14.7. The first-order chi connectivity index (χ1) is 9.60. The zero-order valence-corrected chi connectivity index (χ0v) is 13.3.